The van der Waals surface area contributed by atoms with Crippen LogP contribution in [0.15, 0.2) is 47.4 Å². The maximum Gasteiger partial charge on any atom is 0.243 e. The van der Waals surface area contributed by atoms with Gasteiger partial charge in [-0.1, -0.05) is 11.6 Å². The fraction of sp³-hybridized carbons (Fsp3) is 0.350. The monoisotopic (exact) mass is 423 g/mol. The van der Waals surface area contributed by atoms with Crippen molar-refractivity contribution in [2.45, 2.75) is 18.4 Å². The molecule has 150 valence electrons. The minimum atomic E-state index is -3.51. The Morgan fingerprint density at radius 3 is 2.36 bits per heavy atom. The second-order valence-electron chi connectivity index (χ2n) is 6.87. The number of halogens is 1. The van der Waals surface area contributed by atoms with Gasteiger partial charge < -0.3 is 9.64 Å². The molecule has 0 aromatic heterocycles. The van der Waals surface area contributed by atoms with Gasteiger partial charge in [-0.25, -0.2) is 8.42 Å². The molecule has 2 aromatic carbocycles. The summed E-state index contributed by atoms with van der Waals surface area (Å²) in [6, 6.07) is 11.7. The van der Waals surface area contributed by atoms with Gasteiger partial charge in [0.2, 0.25) is 10.0 Å². The van der Waals surface area contributed by atoms with E-state index in [2.05, 4.69) is 0 Å². The molecule has 6 nitrogen and oxygen atoms in total. The molecule has 0 bridgehead atoms. The topological polar surface area (TPSA) is 68.1 Å². The predicted molar refractivity (Wildman–Crippen MR) is 108 cm³/mol. The fourth-order valence-electron chi connectivity index (χ4n) is 3.38. The quantitative estimate of drug-likeness (QED) is 0.717. The van der Waals surface area contributed by atoms with Crippen LogP contribution in [0.3, 0.4) is 0 Å². The van der Waals surface area contributed by atoms with Crippen molar-refractivity contribution in [3.8, 4) is 5.75 Å². The molecule has 28 heavy (non-hydrogen) atoms. The van der Waals surface area contributed by atoms with Gasteiger partial charge in [-0.3, -0.25) is 4.79 Å². The summed E-state index contributed by atoms with van der Waals surface area (Å²) < 4.78 is 32.5. The summed E-state index contributed by atoms with van der Waals surface area (Å²) in [7, 11) is -1.90. The maximum absolute atomic E-state index is 12.8. The highest BCUT2D eigenvalue weighted by molar-refractivity contribution is 7.89. The minimum Gasteiger partial charge on any atom is -0.496 e. The molecule has 3 rings (SSSR count). The van der Waals surface area contributed by atoms with Crippen molar-refractivity contribution in [2.75, 3.05) is 33.3 Å². The van der Waals surface area contributed by atoms with Crippen molar-refractivity contribution in [1.82, 2.24) is 4.31 Å². The van der Waals surface area contributed by atoms with Gasteiger partial charge in [0.25, 0.3) is 0 Å². The molecule has 1 aliphatic heterocycles. The lowest BCUT2D eigenvalue weighted by Crippen LogP contribution is -3.13. The molecule has 2 aromatic rings. The Bertz CT molecular complexity index is 953. The molecule has 1 aliphatic rings. The highest BCUT2D eigenvalue weighted by atomic mass is 35.5. The number of carbonyl (C=O) groups excluding carboxylic acids is 1. The number of rotatable bonds is 6. The van der Waals surface area contributed by atoms with Crippen LogP contribution in [-0.2, 0) is 16.6 Å². The lowest BCUT2D eigenvalue weighted by atomic mass is 10.1. The van der Waals surface area contributed by atoms with Gasteiger partial charge in [-0.15, -0.1) is 0 Å². The summed E-state index contributed by atoms with van der Waals surface area (Å²) >= 11 is 5.86. The molecular weight excluding hydrogens is 400 g/mol. The number of Topliss-reactive ketones (excluding diaryl/α,β-unsaturated/α-hetero) is 1. The molecule has 0 radical (unpaired) electrons. The Kier molecular flexibility index (Phi) is 6.40. The van der Waals surface area contributed by atoms with Crippen molar-refractivity contribution in [3.63, 3.8) is 0 Å². The van der Waals surface area contributed by atoms with E-state index in [1.54, 1.807) is 32.2 Å². The number of ketones is 1. The number of methoxy groups -OCH3 is 1. The first-order chi connectivity index (χ1) is 13.3. The van der Waals surface area contributed by atoms with Crippen molar-refractivity contribution >= 4 is 27.4 Å². The lowest BCUT2D eigenvalue weighted by Gasteiger charge is -2.31. The Morgan fingerprint density at radius 2 is 1.79 bits per heavy atom. The zero-order valence-electron chi connectivity index (χ0n) is 15.9. The second-order valence-corrected chi connectivity index (χ2v) is 9.24. The van der Waals surface area contributed by atoms with Gasteiger partial charge in [-0.05, 0) is 49.4 Å². The first-order valence-corrected chi connectivity index (χ1v) is 10.9. The molecule has 1 saturated heterocycles. The Hall–Kier alpha value is -1.93. The zero-order valence-corrected chi connectivity index (χ0v) is 17.5. The van der Waals surface area contributed by atoms with E-state index in [0.717, 1.165) is 11.3 Å². The van der Waals surface area contributed by atoms with Crippen LogP contribution in [0.1, 0.15) is 22.8 Å². The molecule has 0 aliphatic carbocycles. The first-order valence-electron chi connectivity index (χ1n) is 9.08. The average molecular weight is 424 g/mol. The molecule has 8 heteroatoms. The number of benzene rings is 2. The van der Waals surface area contributed by atoms with Gasteiger partial charge in [-0.2, -0.15) is 4.31 Å². The van der Waals surface area contributed by atoms with Crippen LogP contribution < -0.4 is 9.64 Å². The third kappa shape index (κ3) is 4.55. The molecular formula is C20H24ClN2O4S+. The van der Waals surface area contributed by atoms with Crippen LogP contribution in [0.4, 0.5) is 0 Å². The van der Waals surface area contributed by atoms with E-state index in [0.29, 0.717) is 43.3 Å². The number of quaternary nitrogens is 1. The third-order valence-corrected chi connectivity index (χ3v) is 7.17. The second kappa shape index (κ2) is 8.61. The van der Waals surface area contributed by atoms with Gasteiger partial charge in [0, 0.05) is 16.1 Å². The molecule has 1 N–H and O–H groups in total. The zero-order chi connectivity index (χ0) is 20.3. The summed E-state index contributed by atoms with van der Waals surface area (Å²) in [6.07, 6.45) is 0. The number of carbonyl (C=O) groups is 1. The standard InChI is InChI=1S/C20H23ClN2O4S/c1-15(24)16-3-8-20(27-2)17(13-16)14-22-9-11-23(12-10-22)28(25,26)19-6-4-18(21)5-7-19/h3-8,13H,9-12,14H2,1-2H3/p+1. The van der Waals surface area contributed by atoms with Crippen LogP contribution >= 0.6 is 11.6 Å². The Balaban J connectivity index is 1.68. The van der Waals surface area contributed by atoms with Gasteiger partial charge >= 0.3 is 0 Å². The molecule has 0 saturated carbocycles. The summed E-state index contributed by atoms with van der Waals surface area (Å²) in [4.78, 5) is 13.2. The normalized spacial score (nSPS) is 16.1. The number of ether oxygens (including phenoxy) is 1. The number of nitrogens with one attached hydrogen (secondary N) is 1. The lowest BCUT2D eigenvalue weighted by molar-refractivity contribution is -0.917. The smallest absolute Gasteiger partial charge is 0.243 e. The predicted octanol–water partition coefficient (Wildman–Crippen LogP) is 1.64. The first kappa shape index (κ1) is 20.8. The Morgan fingerprint density at radius 1 is 1.14 bits per heavy atom. The van der Waals surface area contributed by atoms with Gasteiger partial charge in [0.1, 0.15) is 12.3 Å². The van der Waals surface area contributed by atoms with Crippen LogP contribution in [-0.4, -0.2) is 51.8 Å². The SMILES string of the molecule is COc1ccc(C(C)=O)cc1C[NH+]1CCN(S(=O)(=O)c2ccc(Cl)cc2)CC1. The molecule has 1 heterocycles. The number of sulfonamides is 1. The van der Waals surface area contributed by atoms with Crippen LogP contribution in [0, 0.1) is 0 Å². The van der Waals surface area contributed by atoms with E-state index >= 15 is 0 Å². The van der Waals surface area contributed by atoms with Crippen molar-refractivity contribution in [2.24, 2.45) is 0 Å². The highest BCUT2D eigenvalue weighted by Crippen LogP contribution is 2.20. The summed E-state index contributed by atoms with van der Waals surface area (Å²) in [5, 5.41) is 0.509. The maximum atomic E-state index is 12.8. The molecule has 1 fully saturated rings. The molecule has 0 unspecified atom stereocenters. The van der Waals surface area contributed by atoms with E-state index in [9.17, 15) is 13.2 Å². The summed E-state index contributed by atoms with van der Waals surface area (Å²) in [6.45, 7) is 4.46. The van der Waals surface area contributed by atoms with Crippen molar-refractivity contribution < 1.29 is 22.8 Å². The highest BCUT2D eigenvalue weighted by Gasteiger charge is 2.30. The molecule has 0 atom stereocenters. The Labute approximate surface area is 170 Å². The summed E-state index contributed by atoms with van der Waals surface area (Å²) in [5.74, 6) is 0.756. The number of piperazine rings is 1. The van der Waals surface area contributed by atoms with Gasteiger partial charge in [0.05, 0.1) is 38.2 Å². The minimum absolute atomic E-state index is 0.0118. The number of hydrogen-bond acceptors (Lipinski definition) is 4. The van der Waals surface area contributed by atoms with Crippen LogP contribution in [0.25, 0.3) is 0 Å². The van der Waals surface area contributed by atoms with E-state index < -0.39 is 10.0 Å². The van der Waals surface area contributed by atoms with Gasteiger partial charge in [0.15, 0.2) is 5.78 Å². The number of hydrogen-bond donors (Lipinski definition) is 1. The third-order valence-electron chi connectivity index (χ3n) is 5.01. The molecule has 0 amide bonds. The fourth-order valence-corrected chi connectivity index (χ4v) is 4.95. The van der Waals surface area contributed by atoms with Crippen molar-refractivity contribution in [1.29, 1.82) is 0 Å². The van der Waals surface area contributed by atoms with Crippen LogP contribution in [0.5, 0.6) is 5.75 Å². The molecule has 0 spiro atoms. The summed E-state index contributed by atoms with van der Waals surface area (Å²) in [5.41, 5.74) is 1.61. The van der Waals surface area contributed by atoms with E-state index in [-0.39, 0.29) is 10.7 Å². The average Bonchev–Trinajstić information content (AvgIpc) is 2.68. The largest absolute Gasteiger partial charge is 0.496 e. The van der Waals surface area contributed by atoms with E-state index in [4.69, 9.17) is 16.3 Å². The van der Waals surface area contributed by atoms with E-state index in [1.165, 1.54) is 21.3 Å². The van der Waals surface area contributed by atoms with Crippen molar-refractivity contribution in [3.05, 3.63) is 58.6 Å². The number of nitrogens with zero attached hydrogens (tertiary/aromatic N) is 1. The van der Waals surface area contributed by atoms with Crippen LogP contribution in [0.2, 0.25) is 5.02 Å². The van der Waals surface area contributed by atoms with E-state index in [1.807, 2.05) is 12.1 Å².